The first-order chi connectivity index (χ1) is 15.1. The molecule has 0 bridgehead atoms. The van der Waals surface area contributed by atoms with Gasteiger partial charge in [0.05, 0.1) is 7.11 Å². The second-order valence-corrected chi connectivity index (χ2v) is 7.68. The van der Waals surface area contributed by atoms with Crippen molar-refractivity contribution in [2.45, 2.75) is 30.9 Å². The van der Waals surface area contributed by atoms with Crippen molar-refractivity contribution in [1.29, 1.82) is 0 Å². The van der Waals surface area contributed by atoms with Gasteiger partial charge < -0.3 is 25.6 Å². The summed E-state index contributed by atoms with van der Waals surface area (Å²) in [6.45, 7) is 3.85. The van der Waals surface area contributed by atoms with Crippen molar-refractivity contribution in [2.24, 2.45) is 5.73 Å². The van der Waals surface area contributed by atoms with Crippen LogP contribution in [0.25, 0.3) is 0 Å². The maximum absolute atomic E-state index is 10.6. The zero-order chi connectivity index (χ0) is 23.7. The van der Waals surface area contributed by atoms with Crippen LogP contribution < -0.4 is 10.5 Å². The van der Waals surface area contributed by atoms with E-state index in [0.717, 1.165) is 38.2 Å². The van der Waals surface area contributed by atoms with E-state index in [0.29, 0.717) is 24.1 Å². The number of carboxylic acid groups (broad SMARTS) is 1. The molecule has 2 aromatic carbocycles. The van der Waals surface area contributed by atoms with E-state index >= 15 is 0 Å². The molecular formula is C23H29F3N2O4. The van der Waals surface area contributed by atoms with Gasteiger partial charge in [-0.15, -0.1) is 0 Å². The van der Waals surface area contributed by atoms with Crippen LogP contribution in [0.2, 0.25) is 0 Å². The lowest BCUT2D eigenvalue weighted by Gasteiger charge is -2.34. The number of carboxylic acids is 1. The van der Waals surface area contributed by atoms with Gasteiger partial charge in [-0.05, 0) is 67.2 Å². The summed E-state index contributed by atoms with van der Waals surface area (Å²) in [6, 6.07) is 15.9. The van der Waals surface area contributed by atoms with Gasteiger partial charge in [0.1, 0.15) is 11.5 Å². The van der Waals surface area contributed by atoms with Crippen molar-refractivity contribution in [2.75, 3.05) is 33.3 Å². The Labute approximate surface area is 185 Å². The molecular weight excluding hydrogens is 425 g/mol. The van der Waals surface area contributed by atoms with Crippen LogP contribution in [0.3, 0.4) is 0 Å². The first kappa shape index (κ1) is 25.5. The molecule has 6 nitrogen and oxygen atoms in total. The summed E-state index contributed by atoms with van der Waals surface area (Å²) in [4.78, 5) is 11.4. The number of halogens is 3. The average molecular weight is 454 g/mol. The Hall–Kier alpha value is -2.78. The Morgan fingerprint density at radius 3 is 2.09 bits per heavy atom. The molecule has 0 spiro atoms. The Bertz CT molecular complexity index is 834. The maximum atomic E-state index is 10.6. The van der Waals surface area contributed by atoms with E-state index in [1.807, 2.05) is 12.1 Å². The smallest absolute Gasteiger partial charge is 0.490 e. The number of carbonyl (C=O) groups is 1. The standard InChI is InChI=1S/C21H28N2O2.C2HF3O2/c1-25-21-8-4-17(5-9-21)19(14-22)15-23-12-10-18(11-13-23)16-2-6-20(24)7-3-16;3-2(4,5)1(6)7/h2-9,18-19,24H,10-15,22H2,1H3;(H,6,7). The first-order valence-corrected chi connectivity index (χ1v) is 10.3. The summed E-state index contributed by atoms with van der Waals surface area (Å²) in [5, 5.41) is 16.6. The second kappa shape index (κ2) is 11.7. The molecule has 0 saturated carbocycles. The Balaban J connectivity index is 0.000000451. The summed E-state index contributed by atoms with van der Waals surface area (Å²) in [5.74, 6) is -0.585. The van der Waals surface area contributed by atoms with Crippen LogP contribution >= 0.6 is 0 Å². The van der Waals surface area contributed by atoms with Crippen molar-refractivity contribution in [3.05, 3.63) is 59.7 Å². The quantitative estimate of drug-likeness (QED) is 0.612. The van der Waals surface area contributed by atoms with Crippen molar-refractivity contribution < 1.29 is 32.9 Å². The number of hydrogen-bond donors (Lipinski definition) is 3. The predicted molar refractivity (Wildman–Crippen MR) is 115 cm³/mol. The minimum atomic E-state index is -5.08. The molecule has 176 valence electrons. The van der Waals surface area contributed by atoms with Crippen molar-refractivity contribution in [3.8, 4) is 11.5 Å². The molecule has 1 heterocycles. The molecule has 32 heavy (non-hydrogen) atoms. The number of aromatic hydroxyl groups is 1. The van der Waals surface area contributed by atoms with Gasteiger partial charge in [0.25, 0.3) is 0 Å². The van der Waals surface area contributed by atoms with Crippen LogP contribution in [0.1, 0.15) is 35.8 Å². The Morgan fingerprint density at radius 1 is 1.12 bits per heavy atom. The largest absolute Gasteiger partial charge is 0.508 e. The fraction of sp³-hybridized carbons (Fsp3) is 0.435. The van der Waals surface area contributed by atoms with E-state index < -0.39 is 12.1 Å². The van der Waals surface area contributed by atoms with Gasteiger partial charge in [-0.25, -0.2) is 4.79 Å². The minimum Gasteiger partial charge on any atom is -0.508 e. The molecule has 0 radical (unpaired) electrons. The summed E-state index contributed by atoms with van der Waals surface area (Å²) in [6.07, 6.45) is -2.77. The number of methoxy groups -OCH3 is 1. The molecule has 1 fully saturated rings. The first-order valence-electron chi connectivity index (χ1n) is 10.3. The Morgan fingerprint density at radius 2 is 1.66 bits per heavy atom. The van der Waals surface area contributed by atoms with Crippen LogP contribution in [0.4, 0.5) is 13.2 Å². The lowest BCUT2D eigenvalue weighted by atomic mass is 9.88. The molecule has 3 rings (SSSR count). The third kappa shape index (κ3) is 7.72. The molecule has 1 aliphatic heterocycles. The monoisotopic (exact) mass is 454 g/mol. The van der Waals surface area contributed by atoms with Crippen LogP contribution in [0.5, 0.6) is 11.5 Å². The highest BCUT2D eigenvalue weighted by Gasteiger charge is 2.38. The summed E-state index contributed by atoms with van der Waals surface area (Å²) in [5.41, 5.74) is 8.66. The van der Waals surface area contributed by atoms with E-state index in [1.54, 1.807) is 19.2 Å². The highest BCUT2D eigenvalue weighted by Crippen LogP contribution is 2.30. The number of hydrogen-bond acceptors (Lipinski definition) is 5. The lowest BCUT2D eigenvalue weighted by molar-refractivity contribution is -0.192. The molecule has 1 unspecified atom stereocenters. The second-order valence-electron chi connectivity index (χ2n) is 7.68. The maximum Gasteiger partial charge on any atom is 0.490 e. The average Bonchev–Trinajstić information content (AvgIpc) is 2.78. The third-order valence-electron chi connectivity index (χ3n) is 5.54. The molecule has 1 saturated heterocycles. The fourth-order valence-electron chi connectivity index (χ4n) is 3.70. The van der Waals surface area contributed by atoms with Crippen molar-refractivity contribution >= 4 is 5.97 Å². The number of piperidine rings is 1. The van der Waals surface area contributed by atoms with E-state index in [2.05, 4.69) is 29.2 Å². The summed E-state index contributed by atoms with van der Waals surface area (Å²) >= 11 is 0. The topological polar surface area (TPSA) is 96.0 Å². The highest BCUT2D eigenvalue weighted by atomic mass is 19.4. The number of likely N-dealkylation sites (tertiary alicyclic amines) is 1. The Kier molecular flexibility index (Phi) is 9.34. The molecule has 0 aliphatic carbocycles. The minimum absolute atomic E-state index is 0.339. The van der Waals surface area contributed by atoms with Crippen molar-refractivity contribution in [1.82, 2.24) is 4.90 Å². The number of phenolic OH excluding ortho intramolecular Hbond substituents is 1. The predicted octanol–water partition coefficient (Wildman–Crippen LogP) is 3.96. The van der Waals surface area contributed by atoms with E-state index in [-0.39, 0.29) is 0 Å². The van der Waals surface area contributed by atoms with Gasteiger partial charge in [0, 0.05) is 19.0 Å². The normalized spacial score (nSPS) is 16.0. The van der Waals surface area contributed by atoms with Gasteiger partial charge in [-0.2, -0.15) is 13.2 Å². The van der Waals surface area contributed by atoms with Crippen LogP contribution in [-0.2, 0) is 4.79 Å². The summed E-state index contributed by atoms with van der Waals surface area (Å²) < 4.78 is 37.0. The van der Waals surface area contributed by atoms with Crippen LogP contribution in [0.15, 0.2) is 48.5 Å². The van der Waals surface area contributed by atoms with E-state index in [9.17, 15) is 18.3 Å². The van der Waals surface area contributed by atoms with Gasteiger partial charge in [-0.3, -0.25) is 0 Å². The van der Waals surface area contributed by atoms with E-state index in [1.165, 1.54) is 11.1 Å². The molecule has 0 aromatic heterocycles. The number of nitrogens with zero attached hydrogens (tertiary/aromatic N) is 1. The number of aliphatic carboxylic acids is 1. The van der Waals surface area contributed by atoms with Gasteiger partial charge >= 0.3 is 12.1 Å². The molecule has 1 atom stereocenters. The number of alkyl halides is 3. The zero-order valence-corrected chi connectivity index (χ0v) is 17.9. The van der Waals surface area contributed by atoms with Gasteiger partial charge in [0.15, 0.2) is 0 Å². The third-order valence-corrected chi connectivity index (χ3v) is 5.54. The molecule has 2 aromatic rings. The lowest BCUT2D eigenvalue weighted by Crippen LogP contribution is -2.37. The number of nitrogens with two attached hydrogens (primary N) is 1. The van der Waals surface area contributed by atoms with Crippen LogP contribution in [-0.4, -0.2) is 60.5 Å². The van der Waals surface area contributed by atoms with Crippen LogP contribution in [0, 0.1) is 0 Å². The van der Waals surface area contributed by atoms with Gasteiger partial charge in [0.2, 0.25) is 0 Å². The number of ether oxygens (including phenoxy) is 1. The number of rotatable bonds is 6. The molecule has 9 heteroatoms. The molecule has 0 amide bonds. The molecule has 1 aliphatic rings. The summed E-state index contributed by atoms with van der Waals surface area (Å²) in [7, 11) is 1.69. The molecule has 4 N–H and O–H groups in total. The zero-order valence-electron chi connectivity index (χ0n) is 17.9. The van der Waals surface area contributed by atoms with Gasteiger partial charge in [-0.1, -0.05) is 24.3 Å². The number of phenols is 1. The van der Waals surface area contributed by atoms with Crippen molar-refractivity contribution in [3.63, 3.8) is 0 Å². The highest BCUT2D eigenvalue weighted by molar-refractivity contribution is 5.73. The fourth-order valence-corrected chi connectivity index (χ4v) is 3.70. The van der Waals surface area contributed by atoms with E-state index in [4.69, 9.17) is 20.4 Å². The SMILES string of the molecule is COc1ccc(C(CN)CN2CCC(c3ccc(O)cc3)CC2)cc1.O=C(O)C(F)(F)F. The number of benzene rings is 2.